The van der Waals surface area contributed by atoms with Crippen molar-refractivity contribution < 1.29 is 19.4 Å². The number of benzene rings is 2. The van der Waals surface area contributed by atoms with E-state index in [-0.39, 0.29) is 6.04 Å². The number of halogens is 1. The zero-order valence-corrected chi connectivity index (χ0v) is 17.0. The van der Waals surface area contributed by atoms with Gasteiger partial charge >= 0.3 is 6.09 Å². The fourth-order valence-electron chi connectivity index (χ4n) is 3.54. The minimum atomic E-state index is -0.983. The van der Waals surface area contributed by atoms with Crippen LogP contribution in [0.5, 0.6) is 5.75 Å². The Morgan fingerprint density at radius 2 is 2.04 bits per heavy atom. The van der Waals surface area contributed by atoms with Gasteiger partial charge in [0.25, 0.3) is 0 Å². The lowest BCUT2D eigenvalue weighted by atomic mass is 10.1. The number of ether oxygens (including phenoxy) is 2. The summed E-state index contributed by atoms with van der Waals surface area (Å²) in [4.78, 5) is 15.3. The highest BCUT2D eigenvalue weighted by Crippen LogP contribution is 2.30. The number of carboxylic acid groups (broad SMARTS) is 1. The van der Waals surface area contributed by atoms with E-state index in [1.54, 1.807) is 21.0 Å². The Bertz CT molecular complexity index is 825. The average molecular weight is 405 g/mol. The number of rotatable bonds is 6. The summed E-state index contributed by atoms with van der Waals surface area (Å²) < 4.78 is 11.0. The van der Waals surface area contributed by atoms with E-state index in [1.165, 1.54) is 4.90 Å². The number of hydrogen-bond acceptors (Lipinski definition) is 4. The summed E-state index contributed by atoms with van der Waals surface area (Å²) >= 11 is 6.20. The van der Waals surface area contributed by atoms with Crippen LogP contribution in [0.3, 0.4) is 0 Å². The molecule has 0 saturated carbocycles. The van der Waals surface area contributed by atoms with Crippen molar-refractivity contribution >= 4 is 23.4 Å². The molecular weight excluding hydrogens is 380 g/mol. The molecule has 1 amide bonds. The zero-order valence-electron chi connectivity index (χ0n) is 16.3. The molecule has 2 aromatic rings. The van der Waals surface area contributed by atoms with Gasteiger partial charge in [-0.3, -0.25) is 4.90 Å². The molecule has 0 aliphatic carbocycles. The van der Waals surface area contributed by atoms with Crippen molar-refractivity contribution in [1.29, 1.82) is 0 Å². The van der Waals surface area contributed by atoms with Gasteiger partial charge in [-0.15, -0.1) is 0 Å². The van der Waals surface area contributed by atoms with Crippen LogP contribution in [-0.4, -0.2) is 48.1 Å². The molecule has 28 heavy (non-hydrogen) atoms. The van der Waals surface area contributed by atoms with Gasteiger partial charge in [0.1, 0.15) is 11.5 Å². The minimum Gasteiger partial charge on any atom is -0.497 e. The molecule has 2 aromatic carbocycles. The molecule has 0 radical (unpaired) electrons. The van der Waals surface area contributed by atoms with Gasteiger partial charge in [0.15, 0.2) is 0 Å². The highest BCUT2D eigenvalue weighted by molar-refractivity contribution is 6.30. The molecule has 1 aliphatic rings. The van der Waals surface area contributed by atoms with Gasteiger partial charge in [0, 0.05) is 23.8 Å². The first-order chi connectivity index (χ1) is 13.3. The van der Waals surface area contributed by atoms with Gasteiger partial charge in [-0.2, -0.15) is 0 Å². The number of amides is 1. The molecule has 0 bridgehead atoms. The van der Waals surface area contributed by atoms with Gasteiger partial charge in [0.05, 0.1) is 19.8 Å². The molecule has 1 atom stereocenters. The van der Waals surface area contributed by atoms with Gasteiger partial charge in [-0.05, 0) is 49.7 Å². The Balaban J connectivity index is 1.87. The third-order valence-electron chi connectivity index (χ3n) is 4.92. The second-order valence-corrected chi connectivity index (χ2v) is 7.71. The van der Waals surface area contributed by atoms with Crippen LogP contribution in [-0.2, 0) is 11.3 Å². The van der Waals surface area contributed by atoms with Crippen LogP contribution in [0.4, 0.5) is 10.5 Å². The Kier molecular flexibility index (Phi) is 6.01. The first-order valence-electron chi connectivity index (χ1n) is 9.10. The van der Waals surface area contributed by atoms with Gasteiger partial charge in [-0.1, -0.05) is 29.8 Å². The number of anilines is 1. The zero-order chi connectivity index (χ0) is 20.3. The number of carbonyl (C=O) groups is 1. The molecular formula is C21H25ClN2O4. The normalized spacial score (nSPS) is 18.1. The average Bonchev–Trinajstić information content (AvgIpc) is 2.96. The molecule has 0 aromatic heterocycles. The van der Waals surface area contributed by atoms with Crippen LogP contribution >= 0.6 is 11.6 Å². The Morgan fingerprint density at radius 1 is 1.32 bits per heavy atom. The summed E-state index contributed by atoms with van der Waals surface area (Å²) in [5.41, 5.74) is 1.16. The van der Waals surface area contributed by atoms with E-state index in [2.05, 4.69) is 4.90 Å². The quantitative estimate of drug-likeness (QED) is 0.769. The third-order valence-corrected chi connectivity index (χ3v) is 5.15. The first-order valence-corrected chi connectivity index (χ1v) is 9.47. The molecule has 3 rings (SSSR count). The van der Waals surface area contributed by atoms with E-state index in [4.69, 9.17) is 21.1 Å². The van der Waals surface area contributed by atoms with E-state index in [9.17, 15) is 9.90 Å². The lowest BCUT2D eigenvalue weighted by Gasteiger charge is -2.34. The van der Waals surface area contributed by atoms with Crippen LogP contribution in [0.15, 0.2) is 48.5 Å². The summed E-state index contributed by atoms with van der Waals surface area (Å²) in [6.07, 6.45) is -0.983. The predicted molar refractivity (Wildman–Crippen MR) is 109 cm³/mol. The SMILES string of the molecule is COc1ccc(CN(C[C@H]2COC(C)(C)N2C(=O)O)c2cccc(Cl)c2)cc1. The van der Waals surface area contributed by atoms with Crippen molar-refractivity contribution in [1.82, 2.24) is 4.90 Å². The monoisotopic (exact) mass is 404 g/mol. The lowest BCUT2D eigenvalue weighted by Crippen LogP contribution is -2.51. The highest BCUT2D eigenvalue weighted by Gasteiger charge is 2.44. The van der Waals surface area contributed by atoms with Crippen LogP contribution in [0.25, 0.3) is 0 Å². The maximum absolute atomic E-state index is 11.8. The summed E-state index contributed by atoms with van der Waals surface area (Å²) in [5, 5.41) is 10.3. The summed E-state index contributed by atoms with van der Waals surface area (Å²) in [5.74, 6) is 0.793. The Hall–Kier alpha value is -2.44. The Morgan fingerprint density at radius 3 is 2.64 bits per heavy atom. The molecule has 7 heteroatoms. The molecule has 150 valence electrons. The predicted octanol–water partition coefficient (Wildman–Crippen LogP) is 4.47. The first kappa shape index (κ1) is 20.3. The number of methoxy groups -OCH3 is 1. The molecule has 1 saturated heterocycles. The maximum Gasteiger partial charge on any atom is 0.409 e. The van der Waals surface area contributed by atoms with Crippen molar-refractivity contribution in [3.05, 3.63) is 59.1 Å². The minimum absolute atomic E-state index is 0.287. The highest BCUT2D eigenvalue weighted by atomic mass is 35.5. The van der Waals surface area contributed by atoms with Gasteiger partial charge < -0.3 is 19.5 Å². The summed E-state index contributed by atoms with van der Waals surface area (Å²) in [6, 6.07) is 15.1. The summed E-state index contributed by atoms with van der Waals surface area (Å²) in [6.45, 7) is 4.98. The second-order valence-electron chi connectivity index (χ2n) is 7.27. The fourth-order valence-corrected chi connectivity index (χ4v) is 3.73. The van der Waals surface area contributed by atoms with E-state index in [1.807, 2.05) is 48.5 Å². The van der Waals surface area contributed by atoms with E-state index >= 15 is 0 Å². The van der Waals surface area contributed by atoms with Crippen LogP contribution in [0, 0.1) is 0 Å². The molecule has 1 aliphatic heterocycles. The van der Waals surface area contributed by atoms with Crippen molar-refractivity contribution in [3.8, 4) is 5.75 Å². The Labute approximate surface area is 170 Å². The van der Waals surface area contributed by atoms with E-state index in [0.717, 1.165) is 17.0 Å². The van der Waals surface area contributed by atoms with Crippen LogP contribution < -0.4 is 9.64 Å². The van der Waals surface area contributed by atoms with Crippen molar-refractivity contribution in [2.24, 2.45) is 0 Å². The molecule has 1 fully saturated rings. The number of hydrogen-bond donors (Lipinski definition) is 1. The standard InChI is InChI=1S/C21H25ClN2O4/c1-21(2)24(20(25)26)18(14-28-21)13-23(17-6-4-5-16(22)11-17)12-15-7-9-19(27-3)10-8-15/h4-11,18H,12-14H2,1-3H3,(H,25,26)/t18-/m0/s1. The molecule has 1 N–H and O–H groups in total. The van der Waals surface area contributed by atoms with Crippen molar-refractivity contribution in [2.45, 2.75) is 32.2 Å². The molecule has 0 spiro atoms. The van der Waals surface area contributed by atoms with E-state index < -0.39 is 11.8 Å². The molecule has 1 heterocycles. The maximum atomic E-state index is 11.8. The molecule has 0 unspecified atom stereocenters. The van der Waals surface area contributed by atoms with Crippen molar-refractivity contribution in [3.63, 3.8) is 0 Å². The number of nitrogens with zero attached hydrogens (tertiary/aromatic N) is 2. The topological polar surface area (TPSA) is 62.2 Å². The van der Waals surface area contributed by atoms with Crippen LogP contribution in [0.1, 0.15) is 19.4 Å². The smallest absolute Gasteiger partial charge is 0.409 e. The fraction of sp³-hybridized carbons (Fsp3) is 0.381. The summed E-state index contributed by atoms with van der Waals surface area (Å²) in [7, 11) is 1.63. The second kappa shape index (κ2) is 8.29. The molecule has 6 nitrogen and oxygen atoms in total. The van der Waals surface area contributed by atoms with E-state index in [0.29, 0.717) is 24.7 Å². The third kappa shape index (κ3) is 4.51. The van der Waals surface area contributed by atoms with Crippen LogP contribution in [0.2, 0.25) is 5.02 Å². The van der Waals surface area contributed by atoms with Crippen molar-refractivity contribution in [2.75, 3.05) is 25.2 Å². The van der Waals surface area contributed by atoms with Gasteiger partial charge in [-0.25, -0.2) is 4.79 Å². The lowest BCUT2D eigenvalue weighted by molar-refractivity contribution is -0.0417. The largest absolute Gasteiger partial charge is 0.497 e. The van der Waals surface area contributed by atoms with Gasteiger partial charge in [0.2, 0.25) is 0 Å².